The molecule has 0 radical (unpaired) electrons. The van der Waals surface area contributed by atoms with Gasteiger partial charge in [-0.25, -0.2) is 0 Å². The van der Waals surface area contributed by atoms with E-state index in [1.807, 2.05) is 6.07 Å². The number of Topliss-reactive ketones (excluding diaryl/α,β-unsaturated/α-hetero) is 1. The summed E-state index contributed by atoms with van der Waals surface area (Å²) < 4.78 is 0. The Morgan fingerprint density at radius 1 is 1.20 bits per heavy atom. The number of benzene rings is 1. The highest BCUT2D eigenvalue weighted by molar-refractivity contribution is 5.91. The standard InChI is InChI=1S/C11H14N2O2/c1-8(14)11(12,13-9(2)15)10-6-4-3-5-7-10/h3-7H,12H2,1-2H3,(H,13,15). The van der Waals surface area contributed by atoms with Crippen LogP contribution in [0.15, 0.2) is 30.3 Å². The molecule has 1 unspecified atom stereocenters. The number of hydrogen-bond donors (Lipinski definition) is 2. The van der Waals surface area contributed by atoms with Crippen molar-refractivity contribution in [2.24, 2.45) is 5.73 Å². The Balaban J connectivity index is 3.13. The Morgan fingerprint density at radius 2 is 1.73 bits per heavy atom. The second kappa shape index (κ2) is 4.23. The molecule has 1 rings (SSSR count). The Hall–Kier alpha value is -1.68. The normalized spacial score (nSPS) is 14.1. The van der Waals surface area contributed by atoms with Gasteiger partial charge in [0.15, 0.2) is 11.4 Å². The van der Waals surface area contributed by atoms with Crippen molar-refractivity contribution in [2.45, 2.75) is 19.5 Å². The molecule has 0 aliphatic heterocycles. The molecule has 15 heavy (non-hydrogen) atoms. The maximum atomic E-state index is 11.5. The van der Waals surface area contributed by atoms with Crippen LogP contribution in [0, 0.1) is 0 Å². The first-order valence-electron chi connectivity index (χ1n) is 4.61. The van der Waals surface area contributed by atoms with E-state index in [-0.39, 0.29) is 11.7 Å². The predicted molar refractivity (Wildman–Crippen MR) is 56.8 cm³/mol. The minimum absolute atomic E-state index is 0.302. The third-order valence-corrected chi connectivity index (χ3v) is 2.16. The van der Waals surface area contributed by atoms with Gasteiger partial charge in [0.2, 0.25) is 5.91 Å². The van der Waals surface area contributed by atoms with Crippen molar-refractivity contribution in [1.29, 1.82) is 0 Å². The maximum Gasteiger partial charge on any atom is 0.218 e. The summed E-state index contributed by atoms with van der Waals surface area (Å²) in [7, 11) is 0. The Morgan fingerprint density at radius 3 is 2.13 bits per heavy atom. The first kappa shape index (κ1) is 11.4. The molecule has 0 saturated heterocycles. The Bertz CT molecular complexity index is 375. The van der Waals surface area contributed by atoms with Crippen LogP contribution in [0.3, 0.4) is 0 Å². The SMILES string of the molecule is CC(=O)NC(N)(C(C)=O)c1ccccc1. The lowest BCUT2D eigenvalue weighted by Gasteiger charge is -2.27. The zero-order valence-corrected chi connectivity index (χ0v) is 8.78. The molecule has 0 spiro atoms. The highest BCUT2D eigenvalue weighted by Gasteiger charge is 2.33. The summed E-state index contributed by atoms with van der Waals surface area (Å²) in [6.07, 6.45) is 0. The minimum Gasteiger partial charge on any atom is -0.328 e. The van der Waals surface area contributed by atoms with Crippen LogP contribution in [0.4, 0.5) is 0 Å². The predicted octanol–water partition coefficient (Wildman–Crippen LogP) is 0.523. The fourth-order valence-electron chi connectivity index (χ4n) is 1.34. The molecular weight excluding hydrogens is 192 g/mol. The molecule has 4 heteroatoms. The van der Waals surface area contributed by atoms with Crippen LogP contribution in [0.25, 0.3) is 0 Å². The number of amides is 1. The van der Waals surface area contributed by atoms with E-state index < -0.39 is 5.66 Å². The number of nitrogens with two attached hydrogens (primary N) is 1. The first-order valence-corrected chi connectivity index (χ1v) is 4.61. The summed E-state index contributed by atoms with van der Waals surface area (Å²) in [6, 6.07) is 8.76. The molecule has 1 aromatic carbocycles. The fourth-order valence-corrected chi connectivity index (χ4v) is 1.34. The van der Waals surface area contributed by atoms with Gasteiger partial charge in [0.25, 0.3) is 0 Å². The van der Waals surface area contributed by atoms with Gasteiger partial charge in [-0.05, 0) is 12.5 Å². The highest BCUT2D eigenvalue weighted by Crippen LogP contribution is 2.15. The number of nitrogens with one attached hydrogen (secondary N) is 1. The smallest absolute Gasteiger partial charge is 0.218 e. The second-order valence-corrected chi connectivity index (χ2v) is 3.41. The molecule has 1 atom stereocenters. The van der Waals surface area contributed by atoms with Gasteiger partial charge in [0.05, 0.1) is 0 Å². The summed E-state index contributed by atoms with van der Waals surface area (Å²) in [5.74, 6) is -0.638. The van der Waals surface area contributed by atoms with Crippen molar-refractivity contribution in [3.8, 4) is 0 Å². The van der Waals surface area contributed by atoms with Gasteiger partial charge in [0.1, 0.15) is 0 Å². The Labute approximate surface area is 88.5 Å². The van der Waals surface area contributed by atoms with E-state index in [9.17, 15) is 9.59 Å². The maximum absolute atomic E-state index is 11.5. The minimum atomic E-state index is -1.42. The molecule has 0 aliphatic carbocycles. The van der Waals surface area contributed by atoms with Gasteiger partial charge in [-0.2, -0.15) is 0 Å². The quantitative estimate of drug-likeness (QED) is 0.708. The molecule has 0 fully saturated rings. The molecule has 0 saturated carbocycles. The van der Waals surface area contributed by atoms with Crippen molar-refractivity contribution in [3.05, 3.63) is 35.9 Å². The fraction of sp³-hybridized carbons (Fsp3) is 0.273. The summed E-state index contributed by atoms with van der Waals surface area (Å²) in [6.45, 7) is 2.68. The first-order chi connectivity index (χ1) is 6.97. The molecular formula is C11H14N2O2. The third kappa shape index (κ3) is 2.41. The van der Waals surface area contributed by atoms with Crippen molar-refractivity contribution in [1.82, 2.24) is 5.32 Å². The molecule has 1 amide bonds. The van der Waals surface area contributed by atoms with E-state index in [4.69, 9.17) is 5.73 Å². The van der Waals surface area contributed by atoms with E-state index in [0.29, 0.717) is 5.56 Å². The monoisotopic (exact) mass is 206 g/mol. The molecule has 80 valence electrons. The van der Waals surface area contributed by atoms with E-state index in [1.165, 1.54) is 13.8 Å². The Kier molecular flexibility index (Phi) is 3.21. The van der Waals surface area contributed by atoms with Gasteiger partial charge in [0, 0.05) is 6.92 Å². The van der Waals surface area contributed by atoms with Gasteiger partial charge in [-0.1, -0.05) is 30.3 Å². The van der Waals surface area contributed by atoms with E-state index in [2.05, 4.69) is 5.32 Å². The van der Waals surface area contributed by atoms with Crippen molar-refractivity contribution in [3.63, 3.8) is 0 Å². The van der Waals surface area contributed by atoms with E-state index in [0.717, 1.165) is 0 Å². The average molecular weight is 206 g/mol. The highest BCUT2D eigenvalue weighted by atomic mass is 16.2. The van der Waals surface area contributed by atoms with Crippen LogP contribution < -0.4 is 11.1 Å². The van der Waals surface area contributed by atoms with Crippen molar-refractivity contribution < 1.29 is 9.59 Å². The number of carbonyl (C=O) groups excluding carboxylic acids is 2. The molecule has 1 aromatic rings. The van der Waals surface area contributed by atoms with Crippen LogP contribution in [-0.4, -0.2) is 11.7 Å². The molecule has 0 aliphatic rings. The van der Waals surface area contributed by atoms with E-state index in [1.54, 1.807) is 24.3 Å². The van der Waals surface area contributed by atoms with Crippen LogP contribution in [0.5, 0.6) is 0 Å². The summed E-state index contributed by atoms with van der Waals surface area (Å²) >= 11 is 0. The lowest BCUT2D eigenvalue weighted by molar-refractivity contribution is -0.130. The topological polar surface area (TPSA) is 72.2 Å². The van der Waals surface area contributed by atoms with Crippen LogP contribution in [0.1, 0.15) is 19.4 Å². The molecule has 0 heterocycles. The van der Waals surface area contributed by atoms with E-state index >= 15 is 0 Å². The molecule has 3 N–H and O–H groups in total. The molecule has 0 aromatic heterocycles. The third-order valence-electron chi connectivity index (χ3n) is 2.16. The lowest BCUT2D eigenvalue weighted by atomic mass is 9.96. The van der Waals surface area contributed by atoms with Gasteiger partial charge >= 0.3 is 0 Å². The van der Waals surface area contributed by atoms with Gasteiger partial charge in [-0.15, -0.1) is 0 Å². The van der Waals surface area contributed by atoms with Gasteiger partial charge < -0.3 is 5.32 Å². The number of ketones is 1. The van der Waals surface area contributed by atoms with Crippen LogP contribution in [-0.2, 0) is 15.3 Å². The zero-order valence-electron chi connectivity index (χ0n) is 8.78. The van der Waals surface area contributed by atoms with Crippen LogP contribution >= 0.6 is 0 Å². The lowest BCUT2D eigenvalue weighted by Crippen LogP contribution is -2.57. The van der Waals surface area contributed by atoms with Crippen molar-refractivity contribution >= 4 is 11.7 Å². The largest absolute Gasteiger partial charge is 0.328 e. The average Bonchev–Trinajstić information content (AvgIpc) is 2.17. The number of hydrogen-bond acceptors (Lipinski definition) is 3. The zero-order chi connectivity index (χ0) is 11.5. The summed E-state index contributed by atoms with van der Waals surface area (Å²) in [4.78, 5) is 22.5. The number of rotatable bonds is 3. The van der Waals surface area contributed by atoms with Crippen molar-refractivity contribution in [2.75, 3.05) is 0 Å². The molecule has 4 nitrogen and oxygen atoms in total. The molecule has 0 bridgehead atoms. The number of carbonyl (C=O) groups is 2. The summed E-state index contributed by atoms with van der Waals surface area (Å²) in [5.41, 5.74) is 5.03. The second-order valence-electron chi connectivity index (χ2n) is 3.41. The van der Waals surface area contributed by atoms with Crippen LogP contribution in [0.2, 0.25) is 0 Å². The summed E-state index contributed by atoms with van der Waals surface area (Å²) in [5, 5.41) is 2.46. The van der Waals surface area contributed by atoms with Gasteiger partial charge in [-0.3, -0.25) is 15.3 Å².